The number of hydrogen-bond donors (Lipinski definition) is 1. The molecule has 0 aromatic heterocycles. The summed E-state index contributed by atoms with van der Waals surface area (Å²) < 4.78 is 0. The largest absolute Gasteiger partial charge is 0.481 e. The van der Waals surface area contributed by atoms with Gasteiger partial charge in [-0.05, 0) is 32.1 Å². The van der Waals surface area contributed by atoms with E-state index in [0.29, 0.717) is 0 Å². The minimum absolute atomic E-state index is 0.104. The second kappa shape index (κ2) is 5.84. The molecule has 80 valence electrons. The zero-order valence-corrected chi connectivity index (χ0v) is 8.96. The second-order valence-electron chi connectivity index (χ2n) is 4.14. The number of aliphatic carboxylic acids is 1. The maximum Gasteiger partial charge on any atom is 0.306 e. The molecule has 1 aliphatic rings. The van der Waals surface area contributed by atoms with Gasteiger partial charge in [0.2, 0.25) is 0 Å². The van der Waals surface area contributed by atoms with Gasteiger partial charge in [-0.25, -0.2) is 0 Å². The molecule has 14 heavy (non-hydrogen) atoms. The lowest BCUT2D eigenvalue weighted by molar-refractivity contribution is -0.141. The predicted octanol–water partition coefficient (Wildman–Crippen LogP) is 3.38. The summed E-state index contributed by atoms with van der Waals surface area (Å²) in [5, 5.41) is 8.81. The highest BCUT2D eigenvalue weighted by Gasteiger charge is 2.24. The molecule has 0 bridgehead atoms. The summed E-state index contributed by atoms with van der Waals surface area (Å²) in [6, 6.07) is 0. The van der Waals surface area contributed by atoms with Gasteiger partial charge in [0.25, 0.3) is 0 Å². The smallest absolute Gasteiger partial charge is 0.306 e. The number of allylic oxidation sites excluding steroid dienone is 2. The first-order valence-corrected chi connectivity index (χ1v) is 5.64. The molecule has 1 fully saturated rings. The molecular weight excluding hydrogens is 176 g/mol. The van der Waals surface area contributed by atoms with Crippen LogP contribution in [-0.4, -0.2) is 11.1 Å². The number of carboxylic acids is 1. The van der Waals surface area contributed by atoms with Crippen LogP contribution in [0.25, 0.3) is 0 Å². The van der Waals surface area contributed by atoms with Gasteiger partial charge >= 0.3 is 5.97 Å². The van der Waals surface area contributed by atoms with Crippen molar-refractivity contribution in [1.82, 2.24) is 0 Å². The molecule has 0 amide bonds. The quantitative estimate of drug-likeness (QED) is 0.540. The van der Waals surface area contributed by atoms with Crippen LogP contribution in [0.2, 0.25) is 0 Å². The minimum Gasteiger partial charge on any atom is -0.481 e. The van der Waals surface area contributed by atoms with Gasteiger partial charge in [-0.3, -0.25) is 4.79 Å². The van der Waals surface area contributed by atoms with E-state index in [1.54, 1.807) is 0 Å². The van der Waals surface area contributed by atoms with Crippen LogP contribution in [0.3, 0.4) is 0 Å². The predicted molar refractivity (Wildman–Crippen MR) is 57.2 cm³/mol. The highest BCUT2D eigenvalue weighted by molar-refractivity contribution is 5.71. The average molecular weight is 196 g/mol. The zero-order valence-electron chi connectivity index (χ0n) is 8.96. The van der Waals surface area contributed by atoms with E-state index in [-0.39, 0.29) is 5.92 Å². The van der Waals surface area contributed by atoms with Crippen LogP contribution in [0.1, 0.15) is 51.9 Å². The Morgan fingerprint density at radius 1 is 1.57 bits per heavy atom. The van der Waals surface area contributed by atoms with Crippen molar-refractivity contribution in [2.75, 3.05) is 0 Å². The van der Waals surface area contributed by atoms with Crippen molar-refractivity contribution in [3.63, 3.8) is 0 Å². The molecule has 1 rings (SSSR count). The zero-order chi connectivity index (χ0) is 10.4. The van der Waals surface area contributed by atoms with E-state index in [0.717, 1.165) is 25.7 Å². The highest BCUT2D eigenvalue weighted by Crippen LogP contribution is 2.30. The lowest BCUT2D eigenvalue weighted by atomic mass is 10.1. The van der Waals surface area contributed by atoms with Crippen molar-refractivity contribution in [2.45, 2.75) is 51.9 Å². The maximum atomic E-state index is 10.7. The van der Waals surface area contributed by atoms with Crippen LogP contribution in [0.5, 0.6) is 0 Å². The molecule has 1 aliphatic carbocycles. The molecule has 2 heteroatoms. The summed E-state index contributed by atoms with van der Waals surface area (Å²) in [7, 11) is 0. The molecule has 0 unspecified atom stereocenters. The maximum absolute atomic E-state index is 10.7. The van der Waals surface area contributed by atoms with Gasteiger partial charge in [0.1, 0.15) is 0 Å². The third kappa shape index (κ3) is 3.52. The van der Waals surface area contributed by atoms with E-state index >= 15 is 0 Å². The van der Waals surface area contributed by atoms with Gasteiger partial charge < -0.3 is 5.11 Å². The van der Waals surface area contributed by atoms with Crippen molar-refractivity contribution in [1.29, 1.82) is 0 Å². The second-order valence-corrected chi connectivity index (χ2v) is 4.14. The molecule has 0 aromatic carbocycles. The number of unbranched alkanes of at least 4 members (excludes halogenated alkanes) is 3. The minimum atomic E-state index is -0.623. The number of rotatable bonds is 5. The first kappa shape index (κ1) is 11.3. The van der Waals surface area contributed by atoms with Crippen molar-refractivity contribution < 1.29 is 9.90 Å². The molecule has 1 saturated carbocycles. The summed E-state index contributed by atoms with van der Waals surface area (Å²) >= 11 is 0. The fraction of sp³-hybridized carbons (Fsp3) is 0.750. The fourth-order valence-corrected chi connectivity index (χ4v) is 1.98. The highest BCUT2D eigenvalue weighted by atomic mass is 16.4. The molecule has 1 atom stereocenters. The van der Waals surface area contributed by atoms with Crippen LogP contribution in [0, 0.1) is 5.92 Å². The standard InChI is InChI=1S/C12H20O2/c1-2-3-4-5-6-10-7-8-11(9-10)12(13)14/h6,11H,2-5,7-9H2,1H3,(H,13,14)/b10-6-/t11-/m0/s1. The van der Waals surface area contributed by atoms with Crippen LogP contribution in [-0.2, 0) is 4.79 Å². The molecule has 0 heterocycles. The first-order valence-electron chi connectivity index (χ1n) is 5.64. The van der Waals surface area contributed by atoms with Gasteiger partial charge in [-0.2, -0.15) is 0 Å². The van der Waals surface area contributed by atoms with Gasteiger partial charge in [0.15, 0.2) is 0 Å². The Balaban J connectivity index is 2.23. The topological polar surface area (TPSA) is 37.3 Å². The Kier molecular flexibility index (Phi) is 4.71. The molecule has 2 nitrogen and oxygen atoms in total. The van der Waals surface area contributed by atoms with Crippen molar-refractivity contribution >= 4 is 5.97 Å². The van der Waals surface area contributed by atoms with Crippen LogP contribution in [0.15, 0.2) is 11.6 Å². The van der Waals surface area contributed by atoms with Crippen LogP contribution < -0.4 is 0 Å². The Labute approximate surface area is 86.0 Å². The Bertz CT molecular complexity index is 218. The lowest BCUT2D eigenvalue weighted by Crippen LogP contribution is -2.08. The number of carboxylic acid groups (broad SMARTS) is 1. The van der Waals surface area contributed by atoms with E-state index in [4.69, 9.17) is 5.11 Å². The molecule has 1 N–H and O–H groups in total. The van der Waals surface area contributed by atoms with Crippen molar-refractivity contribution in [3.8, 4) is 0 Å². The fourth-order valence-electron chi connectivity index (χ4n) is 1.98. The molecule has 0 aliphatic heterocycles. The summed E-state index contributed by atoms with van der Waals surface area (Å²) in [6.07, 6.45) is 9.82. The summed E-state index contributed by atoms with van der Waals surface area (Å²) in [6.45, 7) is 2.20. The van der Waals surface area contributed by atoms with Crippen LogP contribution in [0.4, 0.5) is 0 Å². The van der Waals surface area contributed by atoms with E-state index in [2.05, 4.69) is 13.0 Å². The average Bonchev–Trinajstić information content (AvgIpc) is 2.61. The third-order valence-electron chi connectivity index (χ3n) is 2.91. The molecule has 0 radical (unpaired) electrons. The van der Waals surface area contributed by atoms with Crippen LogP contribution >= 0.6 is 0 Å². The Morgan fingerprint density at radius 2 is 2.36 bits per heavy atom. The lowest BCUT2D eigenvalue weighted by Gasteiger charge is -1.99. The Hall–Kier alpha value is -0.790. The summed E-state index contributed by atoms with van der Waals surface area (Å²) in [5.41, 5.74) is 1.37. The monoisotopic (exact) mass is 196 g/mol. The molecule has 0 aromatic rings. The summed E-state index contributed by atoms with van der Waals surface area (Å²) in [4.78, 5) is 10.7. The Morgan fingerprint density at radius 3 is 2.93 bits per heavy atom. The van der Waals surface area contributed by atoms with Gasteiger partial charge in [-0.15, -0.1) is 0 Å². The van der Waals surface area contributed by atoms with Gasteiger partial charge in [-0.1, -0.05) is 31.4 Å². The molecule has 0 saturated heterocycles. The third-order valence-corrected chi connectivity index (χ3v) is 2.91. The molecular formula is C12H20O2. The van der Waals surface area contributed by atoms with E-state index < -0.39 is 5.97 Å². The SMILES string of the molecule is CCCCC/C=C1/CC[C@H](C(=O)O)C1. The summed E-state index contributed by atoms with van der Waals surface area (Å²) in [5.74, 6) is -0.727. The van der Waals surface area contributed by atoms with Gasteiger partial charge in [0, 0.05) is 0 Å². The van der Waals surface area contributed by atoms with Crippen molar-refractivity contribution in [2.24, 2.45) is 5.92 Å². The number of hydrogen-bond acceptors (Lipinski definition) is 1. The van der Waals surface area contributed by atoms with Crippen molar-refractivity contribution in [3.05, 3.63) is 11.6 Å². The van der Waals surface area contributed by atoms with Gasteiger partial charge in [0.05, 0.1) is 5.92 Å². The van der Waals surface area contributed by atoms with E-state index in [1.807, 2.05) is 0 Å². The number of carbonyl (C=O) groups is 1. The normalized spacial score (nSPS) is 24.4. The van der Waals surface area contributed by atoms with E-state index in [1.165, 1.54) is 24.8 Å². The molecule has 0 spiro atoms. The first-order chi connectivity index (χ1) is 6.74. The van der Waals surface area contributed by atoms with E-state index in [9.17, 15) is 4.79 Å².